The Balaban J connectivity index is 1.82. The van der Waals surface area contributed by atoms with E-state index < -0.39 is 12.0 Å². The van der Waals surface area contributed by atoms with E-state index in [-0.39, 0.29) is 12.3 Å². The standard InChI is InChI=1S/C16H17NO4/c1-10-4-5-12-11(9-21-14(12)7-10)8-15(18)17-6-2-3-13(17)16(19)20/h4-5,7,9,13H,2-3,6,8H2,1H3,(H,19,20). The number of furan rings is 1. The van der Waals surface area contributed by atoms with Crippen LogP contribution in [-0.4, -0.2) is 34.5 Å². The lowest BCUT2D eigenvalue weighted by molar-refractivity contribution is -0.147. The minimum Gasteiger partial charge on any atom is -0.480 e. The Kier molecular flexibility index (Phi) is 3.41. The first kappa shape index (κ1) is 13.7. The lowest BCUT2D eigenvalue weighted by atomic mass is 10.1. The quantitative estimate of drug-likeness (QED) is 0.940. The summed E-state index contributed by atoms with van der Waals surface area (Å²) in [5.74, 6) is -1.07. The fourth-order valence-corrected chi connectivity index (χ4v) is 2.91. The Morgan fingerprint density at radius 3 is 3.00 bits per heavy atom. The maximum Gasteiger partial charge on any atom is 0.326 e. The number of carboxylic acids is 1. The van der Waals surface area contributed by atoms with Crippen molar-refractivity contribution in [3.05, 3.63) is 35.6 Å². The van der Waals surface area contributed by atoms with Gasteiger partial charge in [-0.05, 0) is 31.4 Å². The molecule has 1 N–H and O–H groups in total. The van der Waals surface area contributed by atoms with Gasteiger partial charge in [0, 0.05) is 17.5 Å². The monoisotopic (exact) mass is 287 g/mol. The van der Waals surface area contributed by atoms with E-state index in [0.29, 0.717) is 13.0 Å². The molecule has 1 unspecified atom stereocenters. The maximum absolute atomic E-state index is 12.4. The highest BCUT2D eigenvalue weighted by atomic mass is 16.4. The highest BCUT2D eigenvalue weighted by Crippen LogP contribution is 2.25. The van der Waals surface area contributed by atoms with Crippen LogP contribution in [0.15, 0.2) is 28.9 Å². The lowest BCUT2D eigenvalue weighted by Gasteiger charge is -2.21. The topological polar surface area (TPSA) is 70.8 Å². The second kappa shape index (κ2) is 5.24. The molecule has 1 aromatic carbocycles. The van der Waals surface area contributed by atoms with Crippen LogP contribution < -0.4 is 0 Å². The van der Waals surface area contributed by atoms with Crippen molar-refractivity contribution in [2.24, 2.45) is 0 Å². The number of carboxylic acid groups (broad SMARTS) is 1. The molecule has 1 atom stereocenters. The number of carbonyl (C=O) groups excluding carboxylic acids is 1. The van der Waals surface area contributed by atoms with Crippen LogP contribution in [0.25, 0.3) is 11.0 Å². The zero-order valence-electron chi connectivity index (χ0n) is 11.8. The third-order valence-electron chi connectivity index (χ3n) is 4.01. The molecule has 0 aliphatic carbocycles. The van der Waals surface area contributed by atoms with Crippen molar-refractivity contribution < 1.29 is 19.1 Å². The van der Waals surface area contributed by atoms with Crippen molar-refractivity contribution in [1.29, 1.82) is 0 Å². The lowest BCUT2D eigenvalue weighted by Crippen LogP contribution is -2.41. The maximum atomic E-state index is 12.4. The van der Waals surface area contributed by atoms with Crippen molar-refractivity contribution in [3.63, 3.8) is 0 Å². The van der Waals surface area contributed by atoms with Crippen molar-refractivity contribution in [2.75, 3.05) is 6.54 Å². The Labute approximate surface area is 122 Å². The molecule has 0 spiro atoms. The average Bonchev–Trinajstić information content (AvgIpc) is 3.05. The summed E-state index contributed by atoms with van der Waals surface area (Å²) in [5.41, 5.74) is 2.67. The number of hydrogen-bond donors (Lipinski definition) is 1. The molecular formula is C16H17NO4. The number of benzene rings is 1. The van der Waals surface area contributed by atoms with E-state index in [1.165, 1.54) is 4.90 Å². The molecule has 1 saturated heterocycles. The first-order valence-corrected chi connectivity index (χ1v) is 7.05. The number of carbonyl (C=O) groups is 2. The van der Waals surface area contributed by atoms with Gasteiger partial charge < -0.3 is 14.4 Å². The molecule has 5 heteroatoms. The van der Waals surface area contributed by atoms with Gasteiger partial charge in [0.2, 0.25) is 5.91 Å². The van der Waals surface area contributed by atoms with E-state index in [1.807, 2.05) is 25.1 Å². The molecule has 5 nitrogen and oxygen atoms in total. The van der Waals surface area contributed by atoms with Crippen molar-refractivity contribution in [2.45, 2.75) is 32.2 Å². The molecule has 21 heavy (non-hydrogen) atoms. The van der Waals surface area contributed by atoms with Gasteiger partial charge in [0.25, 0.3) is 0 Å². The number of hydrogen-bond acceptors (Lipinski definition) is 3. The second-order valence-electron chi connectivity index (χ2n) is 5.52. The Bertz CT molecular complexity index is 703. The van der Waals surface area contributed by atoms with Gasteiger partial charge in [-0.15, -0.1) is 0 Å². The fraction of sp³-hybridized carbons (Fsp3) is 0.375. The number of amides is 1. The number of aryl methyl sites for hydroxylation is 1. The number of nitrogens with zero attached hydrogens (tertiary/aromatic N) is 1. The van der Waals surface area contributed by atoms with Gasteiger partial charge in [-0.1, -0.05) is 12.1 Å². The number of aliphatic carboxylic acids is 1. The Morgan fingerprint density at radius 2 is 2.24 bits per heavy atom. The van der Waals surface area contributed by atoms with Gasteiger partial charge in [-0.2, -0.15) is 0 Å². The first-order chi connectivity index (χ1) is 10.1. The van der Waals surface area contributed by atoms with Crippen LogP contribution in [0.2, 0.25) is 0 Å². The van der Waals surface area contributed by atoms with Crippen molar-refractivity contribution in [1.82, 2.24) is 4.90 Å². The third-order valence-corrected chi connectivity index (χ3v) is 4.01. The summed E-state index contributed by atoms with van der Waals surface area (Å²) in [5, 5.41) is 10.1. The van der Waals surface area contributed by atoms with Crippen LogP contribution in [0.5, 0.6) is 0 Å². The van der Waals surface area contributed by atoms with Gasteiger partial charge >= 0.3 is 5.97 Å². The zero-order chi connectivity index (χ0) is 15.0. The van der Waals surface area contributed by atoms with Gasteiger partial charge in [0.15, 0.2) is 0 Å². The molecule has 0 saturated carbocycles. The van der Waals surface area contributed by atoms with E-state index in [1.54, 1.807) is 6.26 Å². The fourth-order valence-electron chi connectivity index (χ4n) is 2.91. The smallest absolute Gasteiger partial charge is 0.326 e. The van der Waals surface area contributed by atoms with Gasteiger partial charge in [-0.25, -0.2) is 4.79 Å². The highest BCUT2D eigenvalue weighted by molar-refractivity contribution is 5.90. The normalized spacial score (nSPS) is 18.3. The Morgan fingerprint density at radius 1 is 1.43 bits per heavy atom. The summed E-state index contributed by atoms with van der Waals surface area (Å²) in [6.07, 6.45) is 3.05. The molecule has 3 rings (SSSR count). The molecular weight excluding hydrogens is 270 g/mol. The average molecular weight is 287 g/mol. The Hall–Kier alpha value is -2.30. The van der Waals surface area contributed by atoms with E-state index in [2.05, 4.69) is 0 Å². The summed E-state index contributed by atoms with van der Waals surface area (Å²) in [7, 11) is 0. The van der Waals surface area contributed by atoms with Crippen LogP contribution in [0, 0.1) is 6.92 Å². The molecule has 1 aliphatic rings. The van der Waals surface area contributed by atoms with Gasteiger partial charge in [0.1, 0.15) is 11.6 Å². The molecule has 1 amide bonds. The minimum atomic E-state index is -0.923. The SMILES string of the molecule is Cc1ccc2c(CC(=O)N3CCCC3C(=O)O)coc2c1. The van der Waals surface area contributed by atoms with Gasteiger partial charge in [0.05, 0.1) is 12.7 Å². The summed E-state index contributed by atoms with van der Waals surface area (Å²) in [6.45, 7) is 2.50. The molecule has 2 aromatic rings. The summed E-state index contributed by atoms with van der Waals surface area (Å²) < 4.78 is 5.48. The summed E-state index contributed by atoms with van der Waals surface area (Å²) in [6, 6.07) is 5.16. The molecule has 1 aromatic heterocycles. The van der Waals surface area contributed by atoms with Crippen LogP contribution >= 0.6 is 0 Å². The van der Waals surface area contributed by atoms with Crippen molar-refractivity contribution in [3.8, 4) is 0 Å². The minimum absolute atomic E-state index is 0.150. The second-order valence-corrected chi connectivity index (χ2v) is 5.52. The molecule has 0 radical (unpaired) electrons. The zero-order valence-corrected chi connectivity index (χ0v) is 11.8. The van der Waals surface area contributed by atoms with Crippen LogP contribution in [0.1, 0.15) is 24.0 Å². The molecule has 1 fully saturated rings. The highest BCUT2D eigenvalue weighted by Gasteiger charge is 2.33. The summed E-state index contributed by atoms with van der Waals surface area (Å²) in [4.78, 5) is 25.0. The van der Waals surface area contributed by atoms with Gasteiger partial charge in [-0.3, -0.25) is 4.79 Å². The van der Waals surface area contributed by atoms with Crippen LogP contribution in [-0.2, 0) is 16.0 Å². The summed E-state index contributed by atoms with van der Waals surface area (Å²) >= 11 is 0. The first-order valence-electron chi connectivity index (χ1n) is 7.05. The van der Waals surface area contributed by atoms with E-state index in [0.717, 1.165) is 28.5 Å². The number of rotatable bonds is 3. The van der Waals surface area contributed by atoms with E-state index >= 15 is 0 Å². The molecule has 1 aliphatic heterocycles. The predicted molar refractivity (Wildman–Crippen MR) is 77.0 cm³/mol. The predicted octanol–water partition coefficient (Wildman–Crippen LogP) is 2.36. The molecule has 110 valence electrons. The van der Waals surface area contributed by atoms with Crippen LogP contribution in [0.3, 0.4) is 0 Å². The van der Waals surface area contributed by atoms with E-state index in [4.69, 9.17) is 9.52 Å². The largest absolute Gasteiger partial charge is 0.480 e. The van der Waals surface area contributed by atoms with Crippen LogP contribution in [0.4, 0.5) is 0 Å². The molecule has 0 bridgehead atoms. The van der Waals surface area contributed by atoms with E-state index in [9.17, 15) is 9.59 Å². The van der Waals surface area contributed by atoms with Crippen molar-refractivity contribution >= 4 is 22.8 Å². The molecule has 2 heterocycles. The third kappa shape index (κ3) is 2.51. The number of likely N-dealkylation sites (tertiary alicyclic amines) is 1. The number of fused-ring (bicyclic) bond motifs is 1.